The number of nitrogens with zero attached hydrogens (tertiary/aromatic N) is 2. The van der Waals surface area contributed by atoms with Crippen molar-refractivity contribution in [2.75, 3.05) is 18.1 Å². The maximum Gasteiger partial charge on any atom is 0.265 e. The first-order chi connectivity index (χ1) is 10.6. The molecule has 2 aromatic carbocycles. The zero-order chi connectivity index (χ0) is 15.9. The SMILES string of the molecule is N#CCN(C(=O)COc1ccc(Br)cc1Br)c1ccccc1. The number of anilines is 1. The average molecular weight is 424 g/mol. The van der Waals surface area contributed by atoms with Gasteiger partial charge in [-0.05, 0) is 46.3 Å². The van der Waals surface area contributed by atoms with Gasteiger partial charge in [-0.1, -0.05) is 34.1 Å². The van der Waals surface area contributed by atoms with E-state index >= 15 is 0 Å². The van der Waals surface area contributed by atoms with Gasteiger partial charge in [-0.15, -0.1) is 0 Å². The van der Waals surface area contributed by atoms with Gasteiger partial charge in [0.05, 0.1) is 10.5 Å². The minimum absolute atomic E-state index is 0.0201. The quantitative estimate of drug-likeness (QED) is 0.679. The Morgan fingerprint density at radius 2 is 1.91 bits per heavy atom. The summed E-state index contributed by atoms with van der Waals surface area (Å²) >= 11 is 6.73. The van der Waals surface area contributed by atoms with Crippen LogP contribution < -0.4 is 9.64 Å². The van der Waals surface area contributed by atoms with Crippen molar-refractivity contribution in [1.29, 1.82) is 5.26 Å². The van der Waals surface area contributed by atoms with Crippen LogP contribution in [0.3, 0.4) is 0 Å². The molecule has 0 radical (unpaired) electrons. The molecule has 0 atom stereocenters. The Hall–Kier alpha value is -1.84. The van der Waals surface area contributed by atoms with Crippen molar-refractivity contribution in [2.45, 2.75) is 0 Å². The topological polar surface area (TPSA) is 53.3 Å². The fourth-order valence-electron chi connectivity index (χ4n) is 1.81. The summed E-state index contributed by atoms with van der Waals surface area (Å²) in [6.45, 7) is -0.162. The van der Waals surface area contributed by atoms with Gasteiger partial charge in [0.2, 0.25) is 0 Å². The van der Waals surface area contributed by atoms with Crippen molar-refractivity contribution in [3.05, 3.63) is 57.5 Å². The number of hydrogen-bond donors (Lipinski definition) is 0. The molecule has 0 spiro atoms. The molecule has 0 bridgehead atoms. The van der Waals surface area contributed by atoms with E-state index in [1.165, 1.54) is 4.90 Å². The third-order valence-corrected chi connectivity index (χ3v) is 3.96. The average Bonchev–Trinajstić information content (AvgIpc) is 2.52. The van der Waals surface area contributed by atoms with Crippen molar-refractivity contribution < 1.29 is 9.53 Å². The third-order valence-electron chi connectivity index (χ3n) is 2.84. The number of ether oxygens (including phenoxy) is 1. The van der Waals surface area contributed by atoms with Gasteiger partial charge in [0.15, 0.2) is 6.61 Å². The normalized spacial score (nSPS) is 9.86. The molecule has 0 aliphatic heterocycles. The highest BCUT2D eigenvalue weighted by molar-refractivity contribution is 9.11. The van der Waals surface area contributed by atoms with Crippen LogP contribution >= 0.6 is 31.9 Å². The monoisotopic (exact) mass is 422 g/mol. The van der Waals surface area contributed by atoms with Gasteiger partial charge in [0, 0.05) is 10.2 Å². The fraction of sp³-hybridized carbons (Fsp3) is 0.125. The lowest BCUT2D eigenvalue weighted by atomic mass is 10.3. The van der Waals surface area contributed by atoms with Gasteiger partial charge < -0.3 is 4.74 Å². The van der Waals surface area contributed by atoms with Gasteiger partial charge >= 0.3 is 0 Å². The Labute approximate surface area is 145 Å². The number of carbonyl (C=O) groups is 1. The molecule has 0 fully saturated rings. The minimum atomic E-state index is -0.275. The number of hydrogen-bond acceptors (Lipinski definition) is 3. The molecule has 0 saturated heterocycles. The molecule has 0 aliphatic rings. The molecule has 112 valence electrons. The van der Waals surface area contributed by atoms with Crippen LogP contribution in [0.2, 0.25) is 0 Å². The summed E-state index contributed by atoms with van der Waals surface area (Å²) in [6, 6.07) is 16.5. The van der Waals surface area contributed by atoms with E-state index in [0.717, 1.165) is 8.95 Å². The van der Waals surface area contributed by atoms with E-state index in [-0.39, 0.29) is 19.1 Å². The molecule has 2 aromatic rings. The first kappa shape index (κ1) is 16.5. The highest BCUT2D eigenvalue weighted by Gasteiger charge is 2.16. The number of halogens is 2. The summed E-state index contributed by atoms with van der Waals surface area (Å²) in [6.07, 6.45) is 0. The first-order valence-electron chi connectivity index (χ1n) is 6.42. The molecule has 22 heavy (non-hydrogen) atoms. The second-order valence-electron chi connectivity index (χ2n) is 4.34. The minimum Gasteiger partial charge on any atom is -0.483 e. The lowest BCUT2D eigenvalue weighted by molar-refractivity contribution is -0.120. The summed E-state index contributed by atoms with van der Waals surface area (Å²) in [4.78, 5) is 13.7. The molecular formula is C16H12Br2N2O2. The number of rotatable bonds is 5. The Balaban J connectivity index is 2.07. The Morgan fingerprint density at radius 3 is 2.55 bits per heavy atom. The largest absolute Gasteiger partial charge is 0.483 e. The summed E-state index contributed by atoms with van der Waals surface area (Å²) in [5, 5.41) is 8.91. The highest BCUT2D eigenvalue weighted by Crippen LogP contribution is 2.28. The van der Waals surface area contributed by atoms with Crippen LogP contribution in [0.1, 0.15) is 0 Å². The third kappa shape index (κ3) is 4.33. The molecule has 2 rings (SSSR count). The van der Waals surface area contributed by atoms with Crippen molar-refractivity contribution in [1.82, 2.24) is 0 Å². The predicted octanol–water partition coefficient (Wildman–Crippen LogP) is 4.15. The molecule has 0 aromatic heterocycles. The Kier molecular flexibility index (Phi) is 5.99. The van der Waals surface area contributed by atoms with Crippen molar-refractivity contribution in [2.24, 2.45) is 0 Å². The molecule has 0 heterocycles. The van der Waals surface area contributed by atoms with E-state index in [2.05, 4.69) is 31.9 Å². The van der Waals surface area contributed by atoms with Crippen LogP contribution in [0.4, 0.5) is 5.69 Å². The Morgan fingerprint density at radius 1 is 1.18 bits per heavy atom. The number of carbonyl (C=O) groups excluding carboxylic acids is 1. The molecule has 0 N–H and O–H groups in total. The van der Waals surface area contributed by atoms with Gasteiger partial charge in [0.25, 0.3) is 5.91 Å². The van der Waals surface area contributed by atoms with E-state index < -0.39 is 0 Å². The summed E-state index contributed by atoms with van der Waals surface area (Å²) in [7, 11) is 0. The Bertz CT molecular complexity index is 699. The smallest absolute Gasteiger partial charge is 0.265 e. The van der Waals surface area contributed by atoms with Crippen molar-refractivity contribution in [3.63, 3.8) is 0 Å². The van der Waals surface area contributed by atoms with Gasteiger partial charge in [-0.3, -0.25) is 9.69 Å². The maximum absolute atomic E-state index is 12.3. The molecule has 0 aliphatic carbocycles. The molecule has 1 amide bonds. The molecular weight excluding hydrogens is 412 g/mol. The second-order valence-corrected chi connectivity index (χ2v) is 6.11. The van der Waals surface area contributed by atoms with Crippen LogP contribution in [0, 0.1) is 11.3 Å². The van der Waals surface area contributed by atoms with Gasteiger partial charge in [0.1, 0.15) is 12.3 Å². The number of amides is 1. The van der Waals surface area contributed by atoms with Crippen molar-refractivity contribution in [3.8, 4) is 11.8 Å². The number of para-hydroxylation sites is 1. The van der Waals surface area contributed by atoms with E-state index in [1.54, 1.807) is 18.2 Å². The summed E-state index contributed by atoms with van der Waals surface area (Å²) in [5.41, 5.74) is 0.674. The zero-order valence-corrected chi connectivity index (χ0v) is 14.7. The van der Waals surface area contributed by atoms with E-state index in [0.29, 0.717) is 11.4 Å². The van der Waals surface area contributed by atoms with E-state index in [9.17, 15) is 4.79 Å². The fourth-order valence-corrected chi connectivity index (χ4v) is 2.97. The van der Waals surface area contributed by atoms with Crippen LogP contribution in [0.15, 0.2) is 57.5 Å². The van der Waals surface area contributed by atoms with E-state index in [1.807, 2.05) is 36.4 Å². The summed E-state index contributed by atoms with van der Waals surface area (Å²) < 4.78 is 7.20. The maximum atomic E-state index is 12.3. The highest BCUT2D eigenvalue weighted by atomic mass is 79.9. The van der Waals surface area contributed by atoms with Crippen LogP contribution in [-0.2, 0) is 4.79 Å². The predicted molar refractivity (Wildman–Crippen MR) is 91.7 cm³/mol. The van der Waals surface area contributed by atoms with Gasteiger partial charge in [-0.25, -0.2) is 0 Å². The lowest BCUT2D eigenvalue weighted by Crippen LogP contribution is -2.35. The number of benzene rings is 2. The van der Waals surface area contributed by atoms with Crippen LogP contribution in [-0.4, -0.2) is 19.1 Å². The zero-order valence-electron chi connectivity index (χ0n) is 11.5. The van der Waals surface area contributed by atoms with Crippen molar-refractivity contribution >= 4 is 43.5 Å². The van der Waals surface area contributed by atoms with Crippen LogP contribution in [0.5, 0.6) is 5.75 Å². The molecule has 0 saturated carbocycles. The standard InChI is InChI=1S/C16H12Br2N2O2/c17-12-6-7-15(14(18)10-12)22-11-16(21)20(9-8-19)13-4-2-1-3-5-13/h1-7,10H,9,11H2. The molecule has 4 nitrogen and oxygen atoms in total. The number of nitriles is 1. The molecule has 0 unspecified atom stereocenters. The molecule has 6 heteroatoms. The van der Waals surface area contributed by atoms with Gasteiger partial charge in [-0.2, -0.15) is 5.26 Å². The first-order valence-corrected chi connectivity index (χ1v) is 8.00. The second kappa shape index (κ2) is 7.97. The summed E-state index contributed by atoms with van der Waals surface area (Å²) in [5.74, 6) is 0.295. The lowest BCUT2D eigenvalue weighted by Gasteiger charge is -2.20. The van der Waals surface area contributed by atoms with Crippen LogP contribution in [0.25, 0.3) is 0 Å². The van der Waals surface area contributed by atoms with E-state index in [4.69, 9.17) is 10.00 Å².